The van der Waals surface area contributed by atoms with E-state index in [1.807, 2.05) is 24.8 Å². The Labute approximate surface area is 167 Å². The molecule has 3 aromatic rings. The summed E-state index contributed by atoms with van der Waals surface area (Å²) >= 11 is 0. The van der Waals surface area contributed by atoms with Gasteiger partial charge in [-0.15, -0.1) is 0 Å². The normalized spacial score (nSPS) is 23.6. The fourth-order valence-electron chi connectivity index (χ4n) is 4.77. The summed E-state index contributed by atoms with van der Waals surface area (Å²) in [5, 5.41) is 4.67. The lowest BCUT2D eigenvalue weighted by Gasteiger charge is -2.22. The maximum atomic E-state index is 13.3. The van der Waals surface area contributed by atoms with E-state index in [0.717, 1.165) is 25.1 Å². The summed E-state index contributed by atoms with van der Waals surface area (Å²) < 4.78 is 24.6. The highest BCUT2D eigenvalue weighted by Gasteiger charge is 2.45. The first-order valence-electron chi connectivity index (χ1n) is 9.94. The van der Waals surface area contributed by atoms with Gasteiger partial charge in [-0.05, 0) is 62.9 Å². The van der Waals surface area contributed by atoms with Crippen molar-refractivity contribution in [3.05, 3.63) is 53.1 Å². The molecule has 0 N–H and O–H groups in total. The lowest BCUT2D eigenvalue weighted by Crippen LogP contribution is -2.32. The third kappa shape index (κ3) is 3.14. The highest BCUT2D eigenvalue weighted by atomic mass is 19.1. The molecule has 1 aliphatic heterocycles. The number of pyridine rings is 1. The number of hydrogen-bond donors (Lipinski definition) is 0. The maximum Gasteiger partial charge on any atom is 0.258 e. The first-order chi connectivity index (χ1) is 14.0. The Morgan fingerprint density at radius 3 is 2.79 bits per heavy atom. The van der Waals surface area contributed by atoms with Crippen molar-refractivity contribution < 1.29 is 18.4 Å². The average molecular weight is 395 g/mol. The molecule has 1 saturated carbocycles. The summed E-state index contributed by atoms with van der Waals surface area (Å²) in [5.74, 6) is 1.09. The average Bonchev–Trinajstić information content (AvgIpc) is 3.38. The zero-order chi connectivity index (χ0) is 20.1. The van der Waals surface area contributed by atoms with E-state index in [-0.39, 0.29) is 23.7 Å². The summed E-state index contributed by atoms with van der Waals surface area (Å²) in [6.07, 6.45) is 2.02. The standard InChI is InChI=1S/C22H22FN3O3/c1-12-9-17(20-13(2)25-29-21(20)24-12)22(27)26-10-14-3-8-19(18(14)11-26)28-16-6-4-15(23)5-7-16/h4-7,9,14,18-19H,3,8,10-11H2,1-2H3/t14-,18+,19-/m0/s1. The lowest BCUT2D eigenvalue weighted by atomic mass is 9.99. The van der Waals surface area contributed by atoms with Gasteiger partial charge < -0.3 is 14.2 Å². The predicted molar refractivity (Wildman–Crippen MR) is 104 cm³/mol. The van der Waals surface area contributed by atoms with Crippen LogP contribution in [0.25, 0.3) is 11.1 Å². The minimum atomic E-state index is -0.276. The molecule has 3 atom stereocenters. The maximum absolute atomic E-state index is 13.3. The fourth-order valence-corrected chi connectivity index (χ4v) is 4.77. The fraction of sp³-hybridized carbons (Fsp3) is 0.409. The lowest BCUT2D eigenvalue weighted by molar-refractivity contribution is 0.0764. The Morgan fingerprint density at radius 2 is 2.00 bits per heavy atom. The van der Waals surface area contributed by atoms with E-state index in [0.29, 0.717) is 40.6 Å². The van der Waals surface area contributed by atoms with Crippen LogP contribution in [0.2, 0.25) is 0 Å². The van der Waals surface area contributed by atoms with Crippen LogP contribution < -0.4 is 4.74 Å². The summed E-state index contributed by atoms with van der Waals surface area (Å²) in [4.78, 5) is 19.6. The molecule has 6 nitrogen and oxygen atoms in total. The second kappa shape index (κ2) is 6.83. The number of likely N-dealkylation sites (tertiary alicyclic amines) is 1. The molecule has 3 heterocycles. The largest absolute Gasteiger partial charge is 0.490 e. The Bertz CT molecular complexity index is 1080. The molecule has 0 bridgehead atoms. The van der Waals surface area contributed by atoms with Crippen LogP contribution in [0.4, 0.5) is 4.39 Å². The van der Waals surface area contributed by atoms with Crippen LogP contribution in [0.5, 0.6) is 5.75 Å². The van der Waals surface area contributed by atoms with Crippen molar-refractivity contribution in [1.82, 2.24) is 15.0 Å². The highest BCUT2D eigenvalue weighted by molar-refractivity contribution is 6.06. The number of hydrogen-bond acceptors (Lipinski definition) is 5. The molecule has 29 heavy (non-hydrogen) atoms. The summed E-state index contributed by atoms with van der Waals surface area (Å²) in [6.45, 7) is 5.05. The van der Waals surface area contributed by atoms with Crippen LogP contribution in [-0.4, -0.2) is 40.1 Å². The minimum Gasteiger partial charge on any atom is -0.490 e. The van der Waals surface area contributed by atoms with E-state index in [2.05, 4.69) is 10.1 Å². The molecule has 1 amide bonds. The Morgan fingerprint density at radius 1 is 1.21 bits per heavy atom. The highest BCUT2D eigenvalue weighted by Crippen LogP contribution is 2.41. The minimum absolute atomic E-state index is 0.0123. The topological polar surface area (TPSA) is 68.5 Å². The second-order valence-electron chi connectivity index (χ2n) is 8.08. The number of aryl methyl sites for hydroxylation is 2. The van der Waals surface area contributed by atoms with Gasteiger partial charge in [0, 0.05) is 24.7 Å². The van der Waals surface area contributed by atoms with Crippen molar-refractivity contribution in [2.75, 3.05) is 13.1 Å². The number of ether oxygens (including phenoxy) is 1. The Balaban J connectivity index is 1.36. The van der Waals surface area contributed by atoms with E-state index < -0.39 is 0 Å². The van der Waals surface area contributed by atoms with Crippen molar-refractivity contribution in [2.24, 2.45) is 11.8 Å². The molecule has 0 spiro atoms. The van der Waals surface area contributed by atoms with Crippen molar-refractivity contribution >= 4 is 17.0 Å². The zero-order valence-corrected chi connectivity index (χ0v) is 16.4. The van der Waals surface area contributed by atoms with Crippen LogP contribution in [0.1, 0.15) is 34.6 Å². The summed E-state index contributed by atoms with van der Waals surface area (Å²) in [5.41, 5.74) is 2.41. The number of carbonyl (C=O) groups is 1. The van der Waals surface area contributed by atoms with Gasteiger partial charge in [-0.25, -0.2) is 9.37 Å². The number of rotatable bonds is 3. The molecule has 2 aromatic heterocycles. The van der Waals surface area contributed by atoms with Crippen molar-refractivity contribution in [3.63, 3.8) is 0 Å². The molecule has 0 radical (unpaired) electrons. The van der Waals surface area contributed by atoms with Gasteiger partial charge in [0.15, 0.2) is 0 Å². The Hall–Kier alpha value is -2.96. The van der Waals surface area contributed by atoms with Gasteiger partial charge in [0.2, 0.25) is 0 Å². The molecule has 2 aliphatic rings. The van der Waals surface area contributed by atoms with E-state index in [4.69, 9.17) is 9.26 Å². The van der Waals surface area contributed by atoms with Gasteiger partial charge in [-0.1, -0.05) is 5.16 Å². The van der Waals surface area contributed by atoms with Crippen LogP contribution in [0, 0.1) is 31.5 Å². The van der Waals surface area contributed by atoms with Crippen LogP contribution in [0.3, 0.4) is 0 Å². The van der Waals surface area contributed by atoms with Crippen molar-refractivity contribution in [2.45, 2.75) is 32.8 Å². The van der Waals surface area contributed by atoms with Gasteiger partial charge in [-0.2, -0.15) is 0 Å². The smallest absolute Gasteiger partial charge is 0.258 e. The van der Waals surface area contributed by atoms with Gasteiger partial charge in [0.25, 0.3) is 11.6 Å². The predicted octanol–water partition coefficient (Wildman–Crippen LogP) is 3.91. The number of fused-ring (bicyclic) bond motifs is 2. The molecule has 2 fully saturated rings. The molecule has 0 unspecified atom stereocenters. The summed E-state index contributed by atoms with van der Waals surface area (Å²) in [7, 11) is 0. The third-order valence-electron chi connectivity index (χ3n) is 6.16. The van der Waals surface area contributed by atoms with E-state index >= 15 is 0 Å². The van der Waals surface area contributed by atoms with E-state index in [9.17, 15) is 9.18 Å². The number of benzene rings is 1. The SMILES string of the molecule is Cc1cc(C(=O)N2C[C@@H]3CC[C@H](Oc4ccc(F)cc4)[C@@H]3C2)c2c(C)noc2n1. The molecule has 150 valence electrons. The van der Waals surface area contributed by atoms with E-state index in [1.54, 1.807) is 12.1 Å². The van der Waals surface area contributed by atoms with Gasteiger partial charge in [0.05, 0.1) is 16.6 Å². The molecule has 1 aliphatic carbocycles. The summed E-state index contributed by atoms with van der Waals surface area (Å²) in [6, 6.07) is 7.95. The Kier molecular flexibility index (Phi) is 4.26. The molecule has 1 aromatic carbocycles. The molecule has 1 saturated heterocycles. The van der Waals surface area contributed by atoms with Crippen LogP contribution >= 0.6 is 0 Å². The number of halogens is 1. The first kappa shape index (κ1) is 18.1. The molecule has 7 heteroatoms. The number of aromatic nitrogens is 2. The van der Waals surface area contributed by atoms with Gasteiger partial charge >= 0.3 is 0 Å². The van der Waals surface area contributed by atoms with Crippen LogP contribution in [-0.2, 0) is 0 Å². The van der Waals surface area contributed by atoms with E-state index in [1.165, 1.54) is 12.1 Å². The molecular formula is C22H22FN3O3. The number of amides is 1. The quantitative estimate of drug-likeness (QED) is 0.673. The third-order valence-corrected chi connectivity index (χ3v) is 6.16. The molecule has 5 rings (SSSR count). The second-order valence-corrected chi connectivity index (χ2v) is 8.08. The van der Waals surface area contributed by atoms with Crippen LogP contribution in [0.15, 0.2) is 34.9 Å². The zero-order valence-electron chi connectivity index (χ0n) is 16.4. The number of carbonyl (C=O) groups excluding carboxylic acids is 1. The number of nitrogens with zero attached hydrogens (tertiary/aromatic N) is 3. The first-order valence-corrected chi connectivity index (χ1v) is 9.94. The monoisotopic (exact) mass is 395 g/mol. The molecular weight excluding hydrogens is 373 g/mol. The van der Waals surface area contributed by atoms with Crippen molar-refractivity contribution in [1.29, 1.82) is 0 Å². The van der Waals surface area contributed by atoms with Crippen molar-refractivity contribution in [3.8, 4) is 5.75 Å². The van der Waals surface area contributed by atoms with Gasteiger partial charge in [-0.3, -0.25) is 4.79 Å². The van der Waals surface area contributed by atoms with Gasteiger partial charge in [0.1, 0.15) is 17.7 Å².